The number of nitrogens with one attached hydrogen (secondary N) is 1. The minimum Gasteiger partial charge on any atom is -0.355 e. The minimum absolute atomic E-state index is 0.0570. The Balaban J connectivity index is 2.38. The van der Waals surface area contributed by atoms with Gasteiger partial charge in [-0.05, 0) is 37.1 Å². The summed E-state index contributed by atoms with van der Waals surface area (Å²) in [6.07, 6.45) is 0.238. The largest absolute Gasteiger partial charge is 0.355 e. The second-order valence-corrected chi connectivity index (χ2v) is 7.12. The van der Waals surface area contributed by atoms with Crippen LogP contribution in [0.4, 0.5) is 4.39 Å². The van der Waals surface area contributed by atoms with Crippen molar-refractivity contribution in [2.24, 2.45) is 0 Å². The third-order valence-electron chi connectivity index (χ3n) is 4.43. The molecule has 150 valence electrons. The molecule has 0 aromatic heterocycles. The molecule has 0 saturated heterocycles. The summed E-state index contributed by atoms with van der Waals surface area (Å²) in [6.45, 7) is 4.12. The summed E-state index contributed by atoms with van der Waals surface area (Å²) < 4.78 is 14.0. The Morgan fingerprint density at radius 1 is 1.07 bits per heavy atom. The summed E-state index contributed by atoms with van der Waals surface area (Å²) in [4.78, 5) is 27.1. The second kappa shape index (κ2) is 10.4. The van der Waals surface area contributed by atoms with Crippen LogP contribution in [0.3, 0.4) is 0 Å². The molecule has 0 unspecified atom stereocenters. The highest BCUT2D eigenvalue weighted by molar-refractivity contribution is 6.36. The van der Waals surface area contributed by atoms with Gasteiger partial charge in [-0.2, -0.15) is 0 Å². The average molecular weight is 425 g/mol. The molecule has 28 heavy (non-hydrogen) atoms. The van der Waals surface area contributed by atoms with Crippen LogP contribution < -0.4 is 5.32 Å². The molecule has 0 aliphatic carbocycles. The fraction of sp³-hybridized carbons (Fsp3) is 0.333. The Labute approximate surface area is 174 Å². The predicted octanol–water partition coefficient (Wildman–Crippen LogP) is 4.62. The van der Waals surface area contributed by atoms with Crippen molar-refractivity contribution >= 4 is 35.0 Å². The molecule has 7 heteroatoms. The summed E-state index contributed by atoms with van der Waals surface area (Å²) in [5.74, 6) is -1.10. The molecule has 1 atom stereocenters. The quantitative estimate of drug-likeness (QED) is 0.671. The van der Waals surface area contributed by atoms with Gasteiger partial charge in [0.1, 0.15) is 11.9 Å². The van der Waals surface area contributed by atoms with E-state index in [1.165, 1.54) is 11.0 Å². The van der Waals surface area contributed by atoms with Gasteiger partial charge in [-0.3, -0.25) is 9.59 Å². The lowest BCUT2D eigenvalue weighted by Gasteiger charge is -2.31. The first kappa shape index (κ1) is 22.2. The molecule has 1 N–H and O–H groups in total. The van der Waals surface area contributed by atoms with Gasteiger partial charge in [-0.15, -0.1) is 0 Å². The molecular weight excluding hydrogens is 402 g/mol. The molecule has 2 aromatic carbocycles. The maximum absolute atomic E-state index is 14.0. The molecule has 2 aromatic rings. The summed E-state index contributed by atoms with van der Waals surface area (Å²) >= 11 is 12.5. The molecule has 2 rings (SSSR count). The van der Waals surface area contributed by atoms with E-state index >= 15 is 0 Å². The zero-order valence-electron chi connectivity index (χ0n) is 15.8. The number of hydrogen-bond donors (Lipinski definition) is 1. The number of carbonyl (C=O) groups is 2. The second-order valence-electron chi connectivity index (χ2n) is 6.31. The maximum Gasteiger partial charge on any atom is 0.242 e. The third-order valence-corrected chi connectivity index (χ3v) is 5.13. The molecule has 0 aliphatic heterocycles. The Kier molecular flexibility index (Phi) is 8.27. The van der Waals surface area contributed by atoms with Crippen LogP contribution in [0.15, 0.2) is 42.5 Å². The van der Waals surface area contributed by atoms with E-state index in [9.17, 15) is 14.0 Å². The van der Waals surface area contributed by atoms with Gasteiger partial charge < -0.3 is 10.2 Å². The third kappa shape index (κ3) is 5.46. The van der Waals surface area contributed by atoms with E-state index in [0.717, 1.165) is 0 Å². The minimum atomic E-state index is -0.716. The maximum atomic E-state index is 14.0. The number of rotatable bonds is 8. The fourth-order valence-corrected chi connectivity index (χ4v) is 3.49. The van der Waals surface area contributed by atoms with Crippen LogP contribution in [-0.2, 0) is 22.6 Å². The standard InChI is InChI=1S/C21H23Cl2FN2O2/c1-3-19(21(28)25-4-2)26(13-15-16(22)9-7-10-17(15)23)20(27)12-14-8-5-6-11-18(14)24/h5-11,19H,3-4,12-13H2,1-2H3,(H,25,28)/t19-/m0/s1. The Hall–Kier alpha value is -2.11. The van der Waals surface area contributed by atoms with Crippen molar-refractivity contribution in [3.05, 3.63) is 69.5 Å². The van der Waals surface area contributed by atoms with Crippen LogP contribution in [0, 0.1) is 5.82 Å². The fourth-order valence-electron chi connectivity index (χ4n) is 2.97. The van der Waals surface area contributed by atoms with Gasteiger partial charge in [0, 0.05) is 28.7 Å². The van der Waals surface area contributed by atoms with Gasteiger partial charge in [-0.1, -0.05) is 54.4 Å². The van der Waals surface area contributed by atoms with Gasteiger partial charge >= 0.3 is 0 Å². The normalized spacial score (nSPS) is 11.8. The average Bonchev–Trinajstić information content (AvgIpc) is 2.66. The predicted molar refractivity (Wildman–Crippen MR) is 110 cm³/mol. The van der Waals surface area contributed by atoms with Crippen LogP contribution in [0.5, 0.6) is 0 Å². The Bertz CT molecular complexity index is 825. The molecule has 0 spiro atoms. The lowest BCUT2D eigenvalue weighted by atomic mass is 10.1. The van der Waals surface area contributed by atoms with Gasteiger partial charge in [-0.25, -0.2) is 4.39 Å². The summed E-state index contributed by atoms with van der Waals surface area (Å²) in [5, 5.41) is 3.56. The number of hydrogen-bond acceptors (Lipinski definition) is 2. The lowest BCUT2D eigenvalue weighted by Crippen LogP contribution is -2.49. The number of nitrogens with zero attached hydrogens (tertiary/aromatic N) is 1. The molecule has 2 amide bonds. The highest BCUT2D eigenvalue weighted by Gasteiger charge is 2.29. The highest BCUT2D eigenvalue weighted by atomic mass is 35.5. The molecule has 0 aliphatic rings. The van der Waals surface area contributed by atoms with E-state index in [0.29, 0.717) is 28.6 Å². The first-order valence-electron chi connectivity index (χ1n) is 9.12. The van der Waals surface area contributed by atoms with Gasteiger partial charge in [0.25, 0.3) is 0 Å². The van der Waals surface area contributed by atoms with Crippen LogP contribution in [0.2, 0.25) is 10.0 Å². The number of carbonyl (C=O) groups excluding carboxylic acids is 2. The zero-order chi connectivity index (χ0) is 20.7. The van der Waals surface area contributed by atoms with Crippen LogP contribution in [0.1, 0.15) is 31.4 Å². The number of likely N-dealkylation sites (N-methyl/N-ethyl adjacent to an activating group) is 1. The van der Waals surface area contributed by atoms with Crippen molar-refractivity contribution < 1.29 is 14.0 Å². The summed E-state index contributed by atoms with van der Waals surface area (Å²) in [5.41, 5.74) is 0.823. The van der Waals surface area contributed by atoms with Crippen molar-refractivity contribution in [1.82, 2.24) is 10.2 Å². The lowest BCUT2D eigenvalue weighted by molar-refractivity contribution is -0.140. The summed E-state index contributed by atoms with van der Waals surface area (Å²) in [6, 6.07) is 10.4. The van der Waals surface area contributed by atoms with Crippen molar-refractivity contribution in [3.8, 4) is 0 Å². The van der Waals surface area contributed by atoms with Gasteiger partial charge in [0.05, 0.1) is 6.42 Å². The topological polar surface area (TPSA) is 49.4 Å². The monoisotopic (exact) mass is 424 g/mol. The molecule has 0 fully saturated rings. The van der Waals surface area contributed by atoms with Crippen LogP contribution in [-0.4, -0.2) is 29.3 Å². The SMILES string of the molecule is CCNC(=O)[C@H](CC)N(Cc1c(Cl)cccc1Cl)C(=O)Cc1ccccc1F. The Morgan fingerprint density at radius 3 is 2.29 bits per heavy atom. The van der Waals surface area contributed by atoms with Crippen molar-refractivity contribution in [3.63, 3.8) is 0 Å². The van der Waals surface area contributed by atoms with Crippen LogP contribution in [0.25, 0.3) is 0 Å². The number of benzene rings is 2. The number of halogens is 3. The molecular formula is C21H23Cl2FN2O2. The molecule has 0 saturated carbocycles. The van der Waals surface area contributed by atoms with Crippen molar-refractivity contribution in [2.45, 2.75) is 39.3 Å². The van der Waals surface area contributed by atoms with Gasteiger partial charge in [0.2, 0.25) is 11.8 Å². The van der Waals surface area contributed by atoms with E-state index in [1.54, 1.807) is 43.3 Å². The smallest absolute Gasteiger partial charge is 0.242 e. The molecule has 0 bridgehead atoms. The van der Waals surface area contributed by atoms with E-state index in [1.807, 2.05) is 6.92 Å². The van der Waals surface area contributed by atoms with Crippen molar-refractivity contribution in [2.75, 3.05) is 6.54 Å². The van der Waals surface area contributed by atoms with E-state index in [2.05, 4.69) is 5.32 Å². The Morgan fingerprint density at radius 2 is 1.71 bits per heavy atom. The van der Waals surface area contributed by atoms with Crippen molar-refractivity contribution in [1.29, 1.82) is 0 Å². The summed E-state index contributed by atoms with van der Waals surface area (Å²) in [7, 11) is 0. The molecule has 0 radical (unpaired) electrons. The first-order valence-corrected chi connectivity index (χ1v) is 9.88. The van der Waals surface area contributed by atoms with Crippen LogP contribution >= 0.6 is 23.2 Å². The number of amides is 2. The van der Waals surface area contributed by atoms with E-state index < -0.39 is 11.9 Å². The zero-order valence-corrected chi connectivity index (χ0v) is 17.4. The van der Waals surface area contributed by atoms with E-state index in [4.69, 9.17) is 23.2 Å². The van der Waals surface area contributed by atoms with Gasteiger partial charge in [0.15, 0.2) is 0 Å². The van der Waals surface area contributed by atoms with E-state index in [-0.39, 0.29) is 30.3 Å². The molecule has 0 heterocycles. The molecule has 4 nitrogen and oxygen atoms in total. The first-order chi connectivity index (χ1) is 13.4. The highest BCUT2D eigenvalue weighted by Crippen LogP contribution is 2.27.